The minimum absolute atomic E-state index is 0.0384. The Morgan fingerprint density at radius 2 is 2.00 bits per heavy atom. The van der Waals surface area contributed by atoms with Crippen molar-refractivity contribution in [1.29, 1.82) is 0 Å². The van der Waals surface area contributed by atoms with Gasteiger partial charge < -0.3 is 5.11 Å². The summed E-state index contributed by atoms with van der Waals surface area (Å²) in [6, 6.07) is 0. The molecule has 0 aromatic heterocycles. The number of fused-ring (bicyclic) bond motifs is 5. The Balaban J connectivity index is 1.59. The van der Waals surface area contributed by atoms with Crippen LogP contribution in [0.1, 0.15) is 71.6 Å². The van der Waals surface area contributed by atoms with Crippen LogP contribution in [-0.4, -0.2) is 16.9 Å². The van der Waals surface area contributed by atoms with E-state index >= 15 is 0 Å². The lowest BCUT2D eigenvalue weighted by atomic mass is 9.45. The third-order valence-corrected chi connectivity index (χ3v) is 8.49. The molecule has 3 nitrogen and oxygen atoms in total. The topological polar surface area (TPSA) is 54.4 Å². The maximum atomic E-state index is 12.4. The smallest absolute Gasteiger partial charge is 0.307 e. The summed E-state index contributed by atoms with van der Waals surface area (Å²) in [7, 11) is 0. The average Bonchev–Trinajstić information content (AvgIpc) is 2.83. The SMILES string of the molecule is C[C@]12CC=C(CC(=O)O)C[C@@H]1CC[C@@H]1[C@H]2CC[C@]2(C)C(=O)CC[C@H]12. The Hall–Kier alpha value is -1.12. The third kappa shape index (κ3) is 2.23. The van der Waals surface area contributed by atoms with E-state index in [9.17, 15) is 9.59 Å². The predicted octanol–water partition coefficient (Wildman–Crippen LogP) is 4.61. The lowest BCUT2D eigenvalue weighted by Gasteiger charge is -2.59. The number of rotatable bonds is 2. The van der Waals surface area contributed by atoms with Crippen molar-refractivity contribution in [2.75, 3.05) is 0 Å². The second kappa shape index (κ2) is 5.44. The van der Waals surface area contributed by atoms with Crippen LogP contribution in [-0.2, 0) is 9.59 Å². The molecule has 132 valence electrons. The molecule has 0 unspecified atom stereocenters. The van der Waals surface area contributed by atoms with Crippen molar-refractivity contribution >= 4 is 11.8 Å². The van der Waals surface area contributed by atoms with Crippen LogP contribution in [0.4, 0.5) is 0 Å². The van der Waals surface area contributed by atoms with Gasteiger partial charge in [-0.05, 0) is 74.0 Å². The van der Waals surface area contributed by atoms with Gasteiger partial charge in [0.15, 0.2) is 0 Å². The molecule has 0 saturated heterocycles. The maximum Gasteiger partial charge on any atom is 0.307 e. The number of hydrogen-bond donors (Lipinski definition) is 1. The van der Waals surface area contributed by atoms with Crippen LogP contribution in [0.15, 0.2) is 11.6 Å². The van der Waals surface area contributed by atoms with Crippen LogP contribution in [0.3, 0.4) is 0 Å². The van der Waals surface area contributed by atoms with E-state index in [1.807, 2.05) is 0 Å². The molecule has 24 heavy (non-hydrogen) atoms. The molecule has 0 spiro atoms. The first-order chi connectivity index (χ1) is 11.3. The Morgan fingerprint density at radius 3 is 2.75 bits per heavy atom. The van der Waals surface area contributed by atoms with E-state index in [0.29, 0.717) is 29.0 Å². The van der Waals surface area contributed by atoms with E-state index < -0.39 is 5.97 Å². The molecule has 4 aliphatic carbocycles. The van der Waals surface area contributed by atoms with E-state index in [2.05, 4.69) is 19.9 Å². The van der Waals surface area contributed by atoms with E-state index in [4.69, 9.17) is 5.11 Å². The van der Waals surface area contributed by atoms with Gasteiger partial charge in [-0.2, -0.15) is 0 Å². The van der Waals surface area contributed by atoms with E-state index in [1.165, 1.54) is 19.3 Å². The highest BCUT2D eigenvalue weighted by atomic mass is 16.4. The van der Waals surface area contributed by atoms with Gasteiger partial charge in [-0.25, -0.2) is 0 Å². The van der Waals surface area contributed by atoms with Gasteiger partial charge in [0.1, 0.15) is 5.78 Å². The normalized spacial score (nSPS) is 47.4. The van der Waals surface area contributed by atoms with Gasteiger partial charge in [0.2, 0.25) is 0 Å². The number of carbonyl (C=O) groups excluding carboxylic acids is 1. The first-order valence-electron chi connectivity index (χ1n) is 9.77. The van der Waals surface area contributed by atoms with Crippen LogP contribution in [0.25, 0.3) is 0 Å². The van der Waals surface area contributed by atoms with Gasteiger partial charge in [-0.3, -0.25) is 9.59 Å². The number of carboxylic acids is 1. The maximum absolute atomic E-state index is 12.4. The van der Waals surface area contributed by atoms with Crippen LogP contribution in [0.5, 0.6) is 0 Å². The fourth-order valence-electron chi connectivity index (χ4n) is 7.06. The molecule has 0 bridgehead atoms. The summed E-state index contributed by atoms with van der Waals surface area (Å²) in [6.45, 7) is 4.70. The fraction of sp³-hybridized carbons (Fsp3) is 0.810. The van der Waals surface area contributed by atoms with Gasteiger partial charge >= 0.3 is 5.97 Å². The molecule has 3 heteroatoms. The van der Waals surface area contributed by atoms with Gasteiger partial charge in [0.05, 0.1) is 6.42 Å². The second-order valence-electron chi connectivity index (χ2n) is 9.42. The van der Waals surface area contributed by atoms with Crippen LogP contribution < -0.4 is 0 Å². The molecular weight excluding hydrogens is 300 g/mol. The number of allylic oxidation sites excluding steroid dienone is 1. The van der Waals surface area contributed by atoms with Gasteiger partial charge in [0, 0.05) is 11.8 Å². The molecule has 0 aromatic rings. The Morgan fingerprint density at radius 1 is 1.21 bits per heavy atom. The van der Waals surface area contributed by atoms with Crippen molar-refractivity contribution in [3.05, 3.63) is 11.6 Å². The predicted molar refractivity (Wildman–Crippen MR) is 92.5 cm³/mol. The van der Waals surface area contributed by atoms with Crippen LogP contribution >= 0.6 is 0 Å². The summed E-state index contributed by atoms with van der Waals surface area (Å²) >= 11 is 0. The van der Waals surface area contributed by atoms with Crippen LogP contribution in [0.2, 0.25) is 0 Å². The summed E-state index contributed by atoms with van der Waals surface area (Å²) in [4.78, 5) is 23.5. The van der Waals surface area contributed by atoms with Crippen molar-refractivity contribution in [2.45, 2.75) is 71.6 Å². The van der Waals surface area contributed by atoms with E-state index in [0.717, 1.165) is 43.6 Å². The number of Topliss-reactive ketones (excluding diaryl/α,β-unsaturated/α-hetero) is 1. The van der Waals surface area contributed by atoms with E-state index in [1.54, 1.807) is 0 Å². The molecule has 3 fully saturated rings. The lowest BCUT2D eigenvalue weighted by molar-refractivity contribution is -0.137. The second-order valence-corrected chi connectivity index (χ2v) is 9.42. The van der Waals surface area contributed by atoms with Crippen molar-refractivity contribution < 1.29 is 14.7 Å². The molecule has 0 aliphatic heterocycles. The number of aliphatic carboxylic acids is 1. The molecule has 0 heterocycles. The van der Waals surface area contributed by atoms with Gasteiger partial charge in [0.25, 0.3) is 0 Å². The number of carboxylic acid groups (broad SMARTS) is 1. The van der Waals surface area contributed by atoms with Crippen molar-refractivity contribution in [2.24, 2.45) is 34.5 Å². The average molecular weight is 330 g/mol. The monoisotopic (exact) mass is 330 g/mol. The molecule has 0 amide bonds. The summed E-state index contributed by atoms with van der Waals surface area (Å²) < 4.78 is 0. The first kappa shape index (κ1) is 16.4. The zero-order valence-electron chi connectivity index (χ0n) is 15.0. The summed E-state index contributed by atoms with van der Waals surface area (Å²) in [5, 5.41) is 9.10. The summed E-state index contributed by atoms with van der Waals surface area (Å²) in [5.41, 5.74) is 1.42. The highest BCUT2D eigenvalue weighted by Crippen LogP contribution is 2.65. The lowest BCUT2D eigenvalue weighted by Crippen LogP contribution is -2.52. The zero-order chi connectivity index (χ0) is 17.1. The van der Waals surface area contributed by atoms with Gasteiger partial charge in [-0.15, -0.1) is 0 Å². The standard InChI is InChI=1S/C21H30O3/c1-20-9-7-13(12-19(23)24)11-14(20)3-4-15-16-5-6-18(22)21(16,2)10-8-17(15)20/h7,14-17H,3-6,8-12H2,1-2H3,(H,23,24)/t14-,15-,16+,17+,20-,21-/m0/s1. The molecule has 4 rings (SSSR count). The largest absolute Gasteiger partial charge is 0.481 e. The van der Waals surface area contributed by atoms with E-state index in [-0.39, 0.29) is 11.8 Å². The number of carbonyl (C=O) groups is 2. The molecule has 0 radical (unpaired) electrons. The van der Waals surface area contributed by atoms with Crippen molar-refractivity contribution in [3.8, 4) is 0 Å². The Kier molecular flexibility index (Phi) is 3.71. The number of ketones is 1. The number of hydrogen-bond acceptors (Lipinski definition) is 2. The Bertz CT molecular complexity index is 606. The summed E-state index contributed by atoms with van der Waals surface area (Å²) in [5.74, 6) is 2.50. The fourth-order valence-corrected chi connectivity index (χ4v) is 7.06. The van der Waals surface area contributed by atoms with Crippen LogP contribution in [0, 0.1) is 34.5 Å². The Labute approximate surface area is 144 Å². The minimum Gasteiger partial charge on any atom is -0.481 e. The zero-order valence-corrected chi connectivity index (χ0v) is 15.0. The molecule has 4 aliphatic rings. The van der Waals surface area contributed by atoms with Gasteiger partial charge in [-0.1, -0.05) is 25.5 Å². The molecule has 0 aromatic carbocycles. The highest BCUT2D eigenvalue weighted by molar-refractivity contribution is 5.87. The molecule has 1 N–H and O–H groups in total. The quantitative estimate of drug-likeness (QED) is 0.752. The van der Waals surface area contributed by atoms with Crippen molar-refractivity contribution in [3.63, 3.8) is 0 Å². The first-order valence-corrected chi connectivity index (χ1v) is 9.77. The molecular formula is C21H30O3. The molecule has 6 atom stereocenters. The van der Waals surface area contributed by atoms with Crippen molar-refractivity contribution in [1.82, 2.24) is 0 Å². The highest BCUT2D eigenvalue weighted by Gasteiger charge is 2.59. The molecule has 3 saturated carbocycles. The minimum atomic E-state index is -0.698. The third-order valence-electron chi connectivity index (χ3n) is 8.49. The summed E-state index contributed by atoms with van der Waals surface area (Å²) in [6.07, 6.45) is 11.1.